The number of amides is 2. The van der Waals surface area contributed by atoms with Gasteiger partial charge >= 0.3 is 6.09 Å². The smallest absolute Gasteiger partial charge is 0.410 e. The van der Waals surface area contributed by atoms with Gasteiger partial charge in [-0.05, 0) is 57.9 Å². The van der Waals surface area contributed by atoms with Gasteiger partial charge in [-0.3, -0.25) is 4.79 Å². The summed E-state index contributed by atoms with van der Waals surface area (Å²) in [4.78, 5) is 27.8. The predicted molar refractivity (Wildman–Crippen MR) is 141 cm³/mol. The second-order valence-corrected chi connectivity index (χ2v) is 9.96. The third-order valence-corrected chi connectivity index (χ3v) is 6.23. The number of benzene rings is 2. The molecule has 0 aliphatic carbocycles. The van der Waals surface area contributed by atoms with Crippen molar-refractivity contribution in [3.8, 4) is 17.2 Å². The highest BCUT2D eigenvalue weighted by atomic mass is 16.6. The van der Waals surface area contributed by atoms with E-state index in [2.05, 4.69) is 10.4 Å². The summed E-state index contributed by atoms with van der Waals surface area (Å²) in [7, 11) is 3.11. The standard InChI is InChI=1S/C28H34N4O5/c1-28(2,3)37-27(34)31-15-13-19(14-16-31)25-22(18-29-32(25)21-9-7-6-8-10-21)26(33)30-20-11-12-23(35-4)24(17-20)36-5/h6-12,17-19H,13-16H2,1-5H3,(H,30,33). The zero-order valence-electron chi connectivity index (χ0n) is 22.0. The Bertz CT molecular complexity index is 1240. The number of nitrogens with zero attached hydrogens (tertiary/aromatic N) is 3. The van der Waals surface area contributed by atoms with E-state index in [1.807, 2.05) is 55.8 Å². The van der Waals surface area contributed by atoms with Crippen molar-refractivity contribution in [1.29, 1.82) is 0 Å². The molecule has 1 aliphatic rings. The number of anilines is 1. The summed E-state index contributed by atoms with van der Waals surface area (Å²) in [5.41, 5.74) is 2.23. The maximum absolute atomic E-state index is 13.5. The molecule has 0 unspecified atom stereocenters. The molecule has 0 spiro atoms. The van der Waals surface area contributed by atoms with Gasteiger partial charge in [-0.25, -0.2) is 9.48 Å². The van der Waals surface area contributed by atoms with Crippen molar-refractivity contribution in [1.82, 2.24) is 14.7 Å². The molecule has 9 nitrogen and oxygen atoms in total. The minimum Gasteiger partial charge on any atom is -0.493 e. The molecule has 0 atom stereocenters. The molecule has 1 aliphatic heterocycles. The zero-order chi connectivity index (χ0) is 26.6. The number of carbonyl (C=O) groups is 2. The van der Waals surface area contributed by atoms with Crippen LogP contribution in [0.3, 0.4) is 0 Å². The number of nitrogens with one attached hydrogen (secondary N) is 1. The molecule has 9 heteroatoms. The Labute approximate surface area is 217 Å². The summed E-state index contributed by atoms with van der Waals surface area (Å²) in [5, 5.41) is 7.56. The van der Waals surface area contributed by atoms with Crippen LogP contribution in [0.5, 0.6) is 11.5 Å². The van der Waals surface area contributed by atoms with Crippen molar-refractivity contribution in [2.24, 2.45) is 0 Å². The molecule has 1 aromatic heterocycles. The number of para-hydroxylation sites is 1. The second-order valence-electron chi connectivity index (χ2n) is 9.96. The van der Waals surface area contributed by atoms with E-state index in [0.717, 1.165) is 11.4 Å². The predicted octanol–water partition coefficient (Wildman–Crippen LogP) is 5.26. The lowest BCUT2D eigenvalue weighted by Crippen LogP contribution is -2.41. The molecule has 1 saturated heterocycles. The first kappa shape index (κ1) is 26.1. The minimum absolute atomic E-state index is 0.0348. The molecule has 1 fully saturated rings. The van der Waals surface area contributed by atoms with Crippen LogP contribution in [0.25, 0.3) is 5.69 Å². The molecule has 0 bridgehead atoms. The van der Waals surface area contributed by atoms with E-state index in [1.54, 1.807) is 43.5 Å². The quantitative estimate of drug-likeness (QED) is 0.490. The van der Waals surface area contributed by atoms with E-state index in [-0.39, 0.29) is 17.9 Å². The highest BCUT2D eigenvalue weighted by Crippen LogP contribution is 2.34. The van der Waals surface area contributed by atoms with E-state index in [1.165, 1.54) is 0 Å². The molecule has 0 saturated carbocycles. The van der Waals surface area contributed by atoms with Crippen LogP contribution in [-0.2, 0) is 4.74 Å². The Morgan fingerprint density at radius 1 is 0.973 bits per heavy atom. The van der Waals surface area contributed by atoms with Crippen LogP contribution in [0, 0.1) is 0 Å². The van der Waals surface area contributed by atoms with Crippen LogP contribution < -0.4 is 14.8 Å². The highest BCUT2D eigenvalue weighted by molar-refractivity contribution is 6.05. The monoisotopic (exact) mass is 506 g/mol. The van der Waals surface area contributed by atoms with E-state index < -0.39 is 5.60 Å². The van der Waals surface area contributed by atoms with Crippen LogP contribution in [0.2, 0.25) is 0 Å². The SMILES string of the molecule is COc1ccc(NC(=O)c2cnn(-c3ccccc3)c2C2CCN(C(=O)OC(C)(C)C)CC2)cc1OC. The van der Waals surface area contributed by atoms with Gasteiger partial charge in [0.1, 0.15) is 5.60 Å². The van der Waals surface area contributed by atoms with Crippen molar-refractivity contribution in [3.63, 3.8) is 0 Å². The summed E-state index contributed by atoms with van der Waals surface area (Å²) in [5.74, 6) is 0.872. The van der Waals surface area contributed by atoms with Gasteiger partial charge < -0.3 is 24.4 Å². The molecule has 2 heterocycles. The van der Waals surface area contributed by atoms with Crippen LogP contribution >= 0.6 is 0 Å². The van der Waals surface area contributed by atoms with Crippen LogP contribution in [0.15, 0.2) is 54.7 Å². The Hall–Kier alpha value is -4.01. The molecule has 1 N–H and O–H groups in total. The fourth-order valence-corrected chi connectivity index (χ4v) is 4.48. The second kappa shape index (κ2) is 10.9. The molecule has 3 aromatic rings. The number of piperidine rings is 1. The van der Waals surface area contributed by atoms with Gasteiger partial charge in [0.05, 0.1) is 37.4 Å². The summed E-state index contributed by atoms with van der Waals surface area (Å²) < 4.78 is 18.0. The molecule has 196 valence electrons. The minimum atomic E-state index is -0.546. The van der Waals surface area contributed by atoms with Crippen LogP contribution in [0.4, 0.5) is 10.5 Å². The first-order valence-electron chi connectivity index (χ1n) is 12.3. The average Bonchev–Trinajstić information content (AvgIpc) is 3.33. The summed E-state index contributed by atoms with van der Waals surface area (Å²) >= 11 is 0. The zero-order valence-corrected chi connectivity index (χ0v) is 22.0. The van der Waals surface area contributed by atoms with Gasteiger partial charge in [0.15, 0.2) is 11.5 Å². The number of carbonyl (C=O) groups excluding carboxylic acids is 2. The van der Waals surface area contributed by atoms with Crippen molar-refractivity contribution >= 4 is 17.7 Å². The Morgan fingerprint density at radius 3 is 2.27 bits per heavy atom. The average molecular weight is 507 g/mol. The maximum atomic E-state index is 13.5. The van der Waals surface area contributed by atoms with Gasteiger partial charge in [-0.1, -0.05) is 18.2 Å². The summed E-state index contributed by atoms with van der Waals surface area (Å²) in [6.45, 7) is 6.66. The third kappa shape index (κ3) is 6.04. The first-order valence-corrected chi connectivity index (χ1v) is 12.3. The maximum Gasteiger partial charge on any atom is 0.410 e. The normalized spacial score (nSPS) is 14.2. The van der Waals surface area contributed by atoms with Gasteiger partial charge in [-0.15, -0.1) is 0 Å². The molecule has 0 radical (unpaired) electrons. The fourth-order valence-electron chi connectivity index (χ4n) is 4.48. The topological polar surface area (TPSA) is 94.9 Å². The van der Waals surface area contributed by atoms with Crippen LogP contribution in [-0.4, -0.2) is 59.6 Å². The number of methoxy groups -OCH3 is 2. The number of ether oxygens (including phenoxy) is 3. The number of hydrogen-bond acceptors (Lipinski definition) is 6. The molecule has 37 heavy (non-hydrogen) atoms. The lowest BCUT2D eigenvalue weighted by Gasteiger charge is -2.34. The number of aromatic nitrogens is 2. The Kier molecular flexibility index (Phi) is 7.71. The van der Waals surface area contributed by atoms with Gasteiger partial charge in [0, 0.05) is 30.8 Å². The highest BCUT2D eigenvalue weighted by Gasteiger charge is 2.32. The van der Waals surface area contributed by atoms with Gasteiger partial charge in [0.2, 0.25) is 0 Å². The molecule has 2 aromatic carbocycles. The lowest BCUT2D eigenvalue weighted by atomic mass is 9.90. The summed E-state index contributed by atoms with van der Waals surface area (Å²) in [6, 6.07) is 15.0. The number of hydrogen-bond donors (Lipinski definition) is 1. The fraction of sp³-hybridized carbons (Fsp3) is 0.393. The van der Waals surface area contributed by atoms with E-state index >= 15 is 0 Å². The largest absolute Gasteiger partial charge is 0.493 e. The molecular weight excluding hydrogens is 472 g/mol. The lowest BCUT2D eigenvalue weighted by molar-refractivity contribution is 0.0203. The summed E-state index contributed by atoms with van der Waals surface area (Å²) in [6.07, 6.45) is 2.68. The number of rotatable bonds is 6. The van der Waals surface area contributed by atoms with Crippen molar-refractivity contribution < 1.29 is 23.8 Å². The van der Waals surface area contributed by atoms with Crippen molar-refractivity contribution in [2.45, 2.75) is 45.1 Å². The molecule has 2 amide bonds. The molecule has 4 rings (SSSR count). The van der Waals surface area contributed by atoms with E-state index in [4.69, 9.17) is 14.2 Å². The first-order chi connectivity index (χ1) is 17.7. The third-order valence-electron chi connectivity index (χ3n) is 6.23. The van der Waals surface area contributed by atoms with Gasteiger partial charge in [-0.2, -0.15) is 5.10 Å². The Morgan fingerprint density at radius 2 is 1.65 bits per heavy atom. The van der Waals surface area contributed by atoms with Crippen molar-refractivity contribution in [3.05, 3.63) is 66.0 Å². The number of likely N-dealkylation sites (tertiary alicyclic amines) is 1. The van der Waals surface area contributed by atoms with Crippen LogP contribution in [0.1, 0.15) is 55.6 Å². The molecular formula is C28H34N4O5. The van der Waals surface area contributed by atoms with E-state index in [9.17, 15) is 9.59 Å². The van der Waals surface area contributed by atoms with Crippen molar-refractivity contribution in [2.75, 3.05) is 32.6 Å². The van der Waals surface area contributed by atoms with Gasteiger partial charge in [0.25, 0.3) is 5.91 Å². The van der Waals surface area contributed by atoms with E-state index in [0.29, 0.717) is 48.7 Å². The Balaban J connectivity index is 1.60.